The normalized spacial score (nSPS) is 20.4. The number of hydrogen-bond acceptors (Lipinski definition) is 15. The van der Waals surface area contributed by atoms with Crippen LogP contribution in [0.2, 0.25) is 0 Å². The monoisotopic (exact) mass is 655 g/mol. The number of anilines is 1. The van der Waals surface area contributed by atoms with Crippen molar-refractivity contribution >= 4 is 56.4 Å². The number of nitrogens with one attached hydrogen (secondary N) is 4. The lowest BCUT2D eigenvalue weighted by atomic mass is 9.84. The molecule has 3 atom stereocenters. The third-order valence-corrected chi connectivity index (χ3v) is 7.37. The SMILES string of the molecule is CC1(C)[C@H](NC(=O)/C(=N\O[C@@H](COc2ccc(C(=N)N[C@@H]3CCNC3)cc2)C(=O)O)c2nsc(N)n2)C(=O)N1OS(=O)(=O)O. The summed E-state index contributed by atoms with van der Waals surface area (Å²) in [6, 6.07) is 5.17. The van der Waals surface area contributed by atoms with Crippen molar-refractivity contribution in [3.8, 4) is 5.75 Å². The molecule has 21 heteroatoms. The first-order valence-corrected chi connectivity index (χ1v) is 15.0. The van der Waals surface area contributed by atoms with Gasteiger partial charge in [-0.1, -0.05) is 5.16 Å². The Morgan fingerprint density at radius 3 is 2.57 bits per heavy atom. The van der Waals surface area contributed by atoms with E-state index in [9.17, 15) is 27.9 Å². The van der Waals surface area contributed by atoms with Crippen LogP contribution >= 0.6 is 11.5 Å². The molecule has 1 aromatic carbocycles. The number of ether oxygens (including phenoxy) is 1. The number of aliphatic carboxylic acids is 1. The fourth-order valence-corrected chi connectivity index (χ4v) is 5.04. The second kappa shape index (κ2) is 13.1. The first-order valence-electron chi connectivity index (χ1n) is 12.8. The van der Waals surface area contributed by atoms with Gasteiger partial charge in [0.15, 0.2) is 5.13 Å². The van der Waals surface area contributed by atoms with Crippen LogP contribution in [-0.2, 0) is 33.9 Å². The van der Waals surface area contributed by atoms with Gasteiger partial charge in [0, 0.05) is 29.7 Å². The number of hydroxylamine groups is 2. The number of benzene rings is 1. The Balaban J connectivity index is 1.42. The summed E-state index contributed by atoms with van der Waals surface area (Å²) in [7, 11) is -5.02. The van der Waals surface area contributed by atoms with Crippen molar-refractivity contribution in [3.05, 3.63) is 35.7 Å². The van der Waals surface area contributed by atoms with Gasteiger partial charge in [0.2, 0.25) is 11.5 Å². The zero-order valence-electron chi connectivity index (χ0n) is 23.2. The second-order valence-corrected chi connectivity index (χ2v) is 11.9. The molecular weight excluding hydrogens is 626 g/mol. The molecule has 0 spiro atoms. The van der Waals surface area contributed by atoms with Gasteiger partial charge in [-0.15, -0.1) is 4.28 Å². The molecule has 4 rings (SSSR count). The molecule has 2 aliphatic heterocycles. The Morgan fingerprint density at radius 2 is 2.02 bits per heavy atom. The van der Waals surface area contributed by atoms with Gasteiger partial charge in [-0.05, 0) is 51.1 Å². The van der Waals surface area contributed by atoms with Crippen LogP contribution in [0.1, 0.15) is 31.7 Å². The van der Waals surface area contributed by atoms with Crippen LogP contribution in [0.15, 0.2) is 29.4 Å². The predicted octanol–water partition coefficient (Wildman–Crippen LogP) is -1.51. The number of amides is 2. The van der Waals surface area contributed by atoms with Gasteiger partial charge in [0.25, 0.3) is 17.9 Å². The summed E-state index contributed by atoms with van der Waals surface area (Å²) in [5.41, 5.74) is 4.12. The number of aromatic nitrogens is 2. The highest BCUT2D eigenvalue weighted by Crippen LogP contribution is 2.32. The molecule has 19 nitrogen and oxygen atoms in total. The minimum Gasteiger partial charge on any atom is -0.489 e. The van der Waals surface area contributed by atoms with Crippen molar-refractivity contribution in [1.82, 2.24) is 30.4 Å². The van der Waals surface area contributed by atoms with E-state index in [1.807, 2.05) is 0 Å². The summed E-state index contributed by atoms with van der Waals surface area (Å²) in [4.78, 5) is 46.4. The quantitative estimate of drug-likeness (QED) is 0.0425. The standard InChI is InChI=1S/C23H29N9O10S2/c1-23(2)16(20(34)32(23)42-44(37,38)39)28-19(33)15(18-29-22(25)43-31-18)30-41-14(21(35)36)10-40-13-5-3-11(4-6-13)17(24)27-12-7-8-26-9-12/h3-6,12,14,16,26H,7-10H2,1-2H3,(H2,24,27)(H,28,33)(H,35,36)(H2,25,29,31)(H,37,38,39)/b30-15-/t12-,14+,16-/m1/s1. The molecule has 2 amide bonds. The Morgan fingerprint density at radius 1 is 1.32 bits per heavy atom. The molecule has 3 heterocycles. The highest BCUT2D eigenvalue weighted by molar-refractivity contribution is 7.80. The summed E-state index contributed by atoms with van der Waals surface area (Å²) < 4.78 is 44.7. The number of carbonyl (C=O) groups is 3. The number of nitrogens with two attached hydrogens (primary N) is 1. The Labute approximate surface area is 254 Å². The number of carboxylic acid groups (broad SMARTS) is 1. The lowest BCUT2D eigenvalue weighted by molar-refractivity contribution is -0.218. The lowest BCUT2D eigenvalue weighted by Gasteiger charge is -2.50. The van der Waals surface area contributed by atoms with Crippen LogP contribution < -0.4 is 26.4 Å². The fraction of sp³-hybridized carbons (Fsp3) is 0.435. The molecule has 0 bridgehead atoms. The third-order valence-electron chi connectivity index (χ3n) is 6.49. The molecule has 2 aliphatic rings. The number of rotatable bonds is 13. The number of β-lactam (4-membered cyclic amide) rings is 1. The van der Waals surface area contributed by atoms with Gasteiger partial charge < -0.3 is 36.4 Å². The van der Waals surface area contributed by atoms with E-state index in [1.165, 1.54) is 13.8 Å². The molecule has 0 aliphatic carbocycles. The Hall–Kier alpha value is -4.44. The molecular formula is C23H29N9O10S2. The first-order chi connectivity index (χ1) is 20.7. The van der Waals surface area contributed by atoms with Gasteiger partial charge in [-0.3, -0.25) is 19.6 Å². The van der Waals surface area contributed by atoms with Crippen molar-refractivity contribution in [2.75, 3.05) is 25.4 Å². The summed E-state index contributed by atoms with van der Waals surface area (Å²) in [6.45, 7) is 3.78. The molecule has 2 saturated heterocycles. The van der Waals surface area contributed by atoms with E-state index < -0.39 is 58.2 Å². The van der Waals surface area contributed by atoms with Gasteiger partial charge in [-0.2, -0.15) is 22.8 Å². The van der Waals surface area contributed by atoms with Gasteiger partial charge >= 0.3 is 16.4 Å². The number of carboxylic acids is 1. The zero-order chi connectivity index (χ0) is 32.2. The van der Waals surface area contributed by atoms with Crippen molar-refractivity contribution in [2.45, 2.75) is 44.0 Å². The highest BCUT2D eigenvalue weighted by atomic mass is 32.3. The molecule has 2 fully saturated rings. The molecule has 44 heavy (non-hydrogen) atoms. The lowest BCUT2D eigenvalue weighted by Crippen LogP contribution is -2.76. The van der Waals surface area contributed by atoms with Crippen molar-refractivity contribution in [3.63, 3.8) is 0 Å². The van der Waals surface area contributed by atoms with E-state index in [-0.39, 0.29) is 28.6 Å². The molecule has 0 saturated carbocycles. The van der Waals surface area contributed by atoms with Crippen molar-refractivity contribution < 1.29 is 46.3 Å². The van der Waals surface area contributed by atoms with Crippen LogP contribution in [-0.4, -0.2) is 105 Å². The topological polar surface area (TPSA) is 281 Å². The number of amidine groups is 1. The van der Waals surface area contributed by atoms with E-state index in [0.717, 1.165) is 19.5 Å². The third kappa shape index (κ3) is 7.74. The smallest absolute Gasteiger partial charge is 0.418 e. The zero-order valence-corrected chi connectivity index (χ0v) is 24.8. The fourth-order valence-electron chi connectivity index (χ4n) is 4.15. The molecule has 8 N–H and O–H groups in total. The predicted molar refractivity (Wildman–Crippen MR) is 152 cm³/mol. The minimum absolute atomic E-state index is 0.0574. The average molecular weight is 656 g/mol. The molecule has 0 radical (unpaired) electrons. The van der Waals surface area contributed by atoms with E-state index in [4.69, 9.17) is 25.3 Å². The number of hydrogen-bond donors (Lipinski definition) is 7. The maximum Gasteiger partial charge on any atom is 0.418 e. The minimum atomic E-state index is -5.02. The summed E-state index contributed by atoms with van der Waals surface area (Å²) in [5, 5.41) is 30.4. The van der Waals surface area contributed by atoms with E-state index in [1.54, 1.807) is 24.3 Å². The Kier molecular flexibility index (Phi) is 9.63. The number of nitrogens with zero attached hydrogens (tertiary/aromatic N) is 4. The van der Waals surface area contributed by atoms with E-state index >= 15 is 0 Å². The first kappa shape index (κ1) is 32.5. The van der Waals surface area contributed by atoms with Crippen LogP contribution in [0.3, 0.4) is 0 Å². The van der Waals surface area contributed by atoms with Gasteiger partial charge in [0.1, 0.15) is 24.2 Å². The largest absolute Gasteiger partial charge is 0.489 e. The van der Waals surface area contributed by atoms with Crippen molar-refractivity contribution in [2.24, 2.45) is 5.16 Å². The van der Waals surface area contributed by atoms with E-state index in [2.05, 4.69) is 34.7 Å². The maximum atomic E-state index is 13.1. The highest BCUT2D eigenvalue weighted by Gasteiger charge is 2.58. The van der Waals surface area contributed by atoms with Crippen LogP contribution in [0.4, 0.5) is 5.13 Å². The molecule has 2 aromatic rings. The van der Waals surface area contributed by atoms with Crippen molar-refractivity contribution in [1.29, 1.82) is 5.41 Å². The average Bonchev–Trinajstić information content (AvgIpc) is 3.63. The summed E-state index contributed by atoms with van der Waals surface area (Å²) >= 11 is 0.703. The Bertz CT molecular complexity index is 1560. The molecule has 238 valence electrons. The van der Waals surface area contributed by atoms with Gasteiger partial charge in [0.05, 0.1) is 5.54 Å². The molecule has 0 unspecified atom stereocenters. The van der Waals surface area contributed by atoms with Gasteiger partial charge in [-0.25, -0.2) is 4.79 Å². The second-order valence-electron chi connectivity index (χ2n) is 10.1. The van der Waals surface area contributed by atoms with Crippen LogP contribution in [0.25, 0.3) is 0 Å². The number of carbonyl (C=O) groups excluding carboxylic acids is 2. The van der Waals surface area contributed by atoms with E-state index in [0.29, 0.717) is 22.2 Å². The molecule has 1 aromatic heterocycles. The number of nitrogen functional groups attached to an aromatic ring is 1. The summed E-state index contributed by atoms with van der Waals surface area (Å²) in [5.74, 6) is -3.43. The number of oxime groups is 1. The van der Waals surface area contributed by atoms with Crippen LogP contribution in [0, 0.1) is 5.41 Å². The summed E-state index contributed by atoms with van der Waals surface area (Å²) in [6.07, 6.45) is -0.817. The maximum absolute atomic E-state index is 13.1. The van der Waals surface area contributed by atoms with Crippen LogP contribution in [0.5, 0.6) is 5.75 Å².